The molecule has 1 aromatic rings. The molecule has 2 atom stereocenters. The number of aliphatic imine (C=N–C) groups is 2. The van der Waals surface area contributed by atoms with E-state index in [4.69, 9.17) is 5.73 Å². The molecule has 0 saturated carbocycles. The lowest BCUT2D eigenvalue weighted by molar-refractivity contribution is -0.136. The molecule has 0 bridgehead atoms. The second-order valence-corrected chi connectivity index (χ2v) is 14.3. The van der Waals surface area contributed by atoms with Gasteiger partial charge >= 0.3 is 0 Å². The summed E-state index contributed by atoms with van der Waals surface area (Å²) in [5.74, 6) is 0.914. The minimum absolute atomic E-state index is 0.0289. The number of nitrogens with zero attached hydrogens (tertiary/aromatic N) is 6. The summed E-state index contributed by atoms with van der Waals surface area (Å²) in [5, 5.41) is 2.37. The number of nitrogens with two attached hydrogens (primary N) is 1. The molecule has 11 heteroatoms. The SMILES string of the molecule is CN=C(N1CCC2(CC1)CN(CCCCCCCCCc1ccc3c(c1)CN(C1CCC(=O)NC1=O)C3=O)C2)N1C=CN=C(N)C1C. The number of carbonyl (C=O) groups is 3. The molecule has 5 aliphatic rings. The van der Waals surface area contributed by atoms with Gasteiger partial charge in [-0.3, -0.25) is 24.7 Å². The number of hydrogen-bond acceptors (Lipinski definition) is 7. The number of benzene rings is 1. The monoisotopic (exact) mass is 644 g/mol. The normalized spacial score (nSPS) is 24.5. The maximum atomic E-state index is 12.9. The summed E-state index contributed by atoms with van der Waals surface area (Å²) < 4.78 is 0. The van der Waals surface area contributed by atoms with Crippen LogP contribution in [0.1, 0.15) is 99.0 Å². The van der Waals surface area contributed by atoms with Crippen molar-refractivity contribution >= 4 is 29.5 Å². The van der Waals surface area contributed by atoms with E-state index in [9.17, 15) is 14.4 Å². The number of unbranched alkanes of at least 4 members (excludes halogenated alkanes) is 6. The number of rotatable bonds is 11. The van der Waals surface area contributed by atoms with E-state index in [1.165, 1.54) is 76.6 Å². The van der Waals surface area contributed by atoms with Crippen molar-refractivity contribution in [1.29, 1.82) is 0 Å². The third-order valence-corrected chi connectivity index (χ3v) is 11.0. The quantitative estimate of drug-likeness (QED) is 0.163. The summed E-state index contributed by atoms with van der Waals surface area (Å²) >= 11 is 0. The highest BCUT2D eigenvalue weighted by atomic mass is 16.2. The molecule has 0 radical (unpaired) electrons. The van der Waals surface area contributed by atoms with Crippen molar-refractivity contribution in [3.8, 4) is 0 Å². The zero-order valence-corrected chi connectivity index (χ0v) is 28.3. The molecule has 47 heavy (non-hydrogen) atoms. The van der Waals surface area contributed by atoms with Gasteiger partial charge in [0.2, 0.25) is 17.8 Å². The highest BCUT2D eigenvalue weighted by Gasteiger charge is 2.45. The van der Waals surface area contributed by atoms with E-state index in [2.05, 4.69) is 49.1 Å². The van der Waals surface area contributed by atoms with E-state index in [0.29, 0.717) is 29.8 Å². The van der Waals surface area contributed by atoms with Gasteiger partial charge in [-0.2, -0.15) is 0 Å². The first-order chi connectivity index (χ1) is 22.8. The van der Waals surface area contributed by atoms with Crippen LogP contribution in [-0.2, 0) is 22.6 Å². The maximum absolute atomic E-state index is 12.9. The lowest BCUT2D eigenvalue weighted by Gasteiger charge is -2.55. The Bertz CT molecular complexity index is 1420. The number of piperidine rings is 2. The van der Waals surface area contributed by atoms with Crippen molar-refractivity contribution < 1.29 is 14.4 Å². The smallest absolute Gasteiger partial charge is 0.255 e. The molecular weight excluding hydrogens is 592 g/mol. The number of likely N-dealkylation sites (tertiary alicyclic amines) is 2. The Labute approximate surface area is 279 Å². The van der Waals surface area contributed by atoms with E-state index in [-0.39, 0.29) is 30.2 Å². The van der Waals surface area contributed by atoms with Crippen molar-refractivity contribution in [3.05, 3.63) is 47.3 Å². The molecule has 3 saturated heterocycles. The van der Waals surface area contributed by atoms with E-state index >= 15 is 0 Å². The lowest BCUT2D eigenvalue weighted by atomic mass is 9.72. The van der Waals surface area contributed by atoms with Gasteiger partial charge in [0.05, 0.1) is 6.04 Å². The molecule has 1 spiro atoms. The Morgan fingerprint density at radius 3 is 2.49 bits per heavy atom. The van der Waals surface area contributed by atoms with Crippen LogP contribution in [0.2, 0.25) is 0 Å². The number of guanidine groups is 1. The maximum Gasteiger partial charge on any atom is 0.255 e. The first-order valence-corrected chi connectivity index (χ1v) is 17.8. The van der Waals surface area contributed by atoms with E-state index < -0.39 is 6.04 Å². The predicted molar refractivity (Wildman–Crippen MR) is 184 cm³/mol. The number of nitrogens with one attached hydrogen (secondary N) is 1. The summed E-state index contributed by atoms with van der Waals surface area (Å²) in [7, 11) is 1.87. The molecule has 2 unspecified atom stereocenters. The molecule has 3 N–H and O–H groups in total. The van der Waals surface area contributed by atoms with Crippen molar-refractivity contribution in [2.75, 3.05) is 39.8 Å². The number of amides is 3. The minimum atomic E-state index is -0.554. The Morgan fingerprint density at radius 1 is 1.04 bits per heavy atom. The molecule has 3 fully saturated rings. The van der Waals surface area contributed by atoms with Crippen LogP contribution in [0.15, 0.2) is 40.6 Å². The highest BCUT2D eigenvalue weighted by Crippen LogP contribution is 2.41. The number of imide groups is 1. The molecule has 5 heterocycles. The van der Waals surface area contributed by atoms with Crippen LogP contribution in [-0.4, -0.2) is 101 Å². The Kier molecular flexibility index (Phi) is 10.3. The number of aryl methyl sites for hydroxylation is 1. The van der Waals surface area contributed by atoms with Gasteiger partial charge in [0.1, 0.15) is 11.9 Å². The van der Waals surface area contributed by atoms with Gasteiger partial charge in [-0.05, 0) is 74.6 Å². The highest BCUT2D eigenvalue weighted by molar-refractivity contribution is 6.05. The fraction of sp³-hybridized carbons (Fsp3) is 0.639. The van der Waals surface area contributed by atoms with Crippen LogP contribution in [0.4, 0.5) is 0 Å². The molecule has 1 aromatic carbocycles. The average molecular weight is 645 g/mol. The first kappa shape index (κ1) is 33.2. The molecule has 5 aliphatic heterocycles. The standard InChI is InChI=1S/C36H52N8O3/c1-26-32(37)39-17-21-43(26)35(38-2)42-19-15-36(16-20-42)24-41(25-36)18-9-7-5-3-4-6-8-10-27-11-12-29-28(22-27)23-44(34(29)47)30-13-14-31(45)40-33(30)46/h11-12,17,21-22,26,30H,3-10,13-16,18-20,23-25H2,1-2H3,(H2,37,39)(H,40,45,46). The summed E-state index contributed by atoms with van der Waals surface area (Å²) in [4.78, 5) is 54.4. The fourth-order valence-corrected chi connectivity index (χ4v) is 8.12. The molecule has 6 rings (SSSR count). The number of hydrogen-bond donors (Lipinski definition) is 2. The summed E-state index contributed by atoms with van der Waals surface area (Å²) in [6.45, 7) is 8.32. The largest absolute Gasteiger partial charge is 0.385 e. The van der Waals surface area contributed by atoms with Crippen molar-refractivity contribution in [1.82, 2.24) is 24.9 Å². The van der Waals surface area contributed by atoms with E-state index in [1.54, 1.807) is 11.1 Å². The molecule has 3 amide bonds. The van der Waals surface area contributed by atoms with Crippen molar-refractivity contribution in [3.63, 3.8) is 0 Å². The van der Waals surface area contributed by atoms with E-state index in [0.717, 1.165) is 37.5 Å². The Hall–Kier alpha value is -3.73. The van der Waals surface area contributed by atoms with Crippen LogP contribution in [0, 0.1) is 5.41 Å². The Balaban J connectivity index is 0.807. The van der Waals surface area contributed by atoms with Crippen LogP contribution in [0.3, 0.4) is 0 Å². The van der Waals surface area contributed by atoms with Crippen molar-refractivity contribution in [2.45, 2.75) is 103 Å². The van der Waals surface area contributed by atoms with Crippen LogP contribution >= 0.6 is 0 Å². The van der Waals surface area contributed by atoms with Gasteiger partial charge in [0, 0.05) is 64.2 Å². The summed E-state index contributed by atoms with van der Waals surface area (Å²) in [5.41, 5.74) is 9.52. The molecule has 11 nitrogen and oxygen atoms in total. The van der Waals surface area contributed by atoms with Gasteiger partial charge < -0.3 is 25.3 Å². The van der Waals surface area contributed by atoms with Crippen molar-refractivity contribution in [2.24, 2.45) is 21.1 Å². The number of amidine groups is 1. The van der Waals surface area contributed by atoms with Crippen LogP contribution in [0.25, 0.3) is 0 Å². The van der Waals surface area contributed by atoms with E-state index in [1.807, 2.05) is 19.3 Å². The summed E-state index contributed by atoms with van der Waals surface area (Å²) in [6, 6.07) is 5.59. The van der Waals surface area contributed by atoms with Crippen LogP contribution < -0.4 is 11.1 Å². The van der Waals surface area contributed by atoms with Gasteiger partial charge in [0.15, 0.2) is 0 Å². The third kappa shape index (κ3) is 7.40. The Morgan fingerprint density at radius 2 is 1.77 bits per heavy atom. The molecule has 0 aliphatic carbocycles. The zero-order chi connectivity index (χ0) is 33.0. The minimum Gasteiger partial charge on any atom is -0.385 e. The fourth-order valence-electron chi connectivity index (χ4n) is 8.12. The average Bonchev–Trinajstić information content (AvgIpc) is 3.37. The second kappa shape index (κ2) is 14.6. The molecular formula is C36H52N8O3. The van der Waals surface area contributed by atoms with Gasteiger partial charge in [0.25, 0.3) is 5.91 Å². The van der Waals surface area contributed by atoms with Gasteiger partial charge in [-0.1, -0.05) is 44.2 Å². The van der Waals surface area contributed by atoms with Crippen LogP contribution in [0.5, 0.6) is 0 Å². The zero-order valence-electron chi connectivity index (χ0n) is 28.3. The first-order valence-electron chi connectivity index (χ1n) is 17.8. The molecule has 254 valence electrons. The predicted octanol–water partition coefficient (Wildman–Crippen LogP) is 3.64. The van der Waals surface area contributed by atoms with Gasteiger partial charge in [-0.25, -0.2) is 4.99 Å². The molecule has 0 aromatic heterocycles. The second-order valence-electron chi connectivity index (χ2n) is 14.3. The lowest BCUT2D eigenvalue weighted by Crippen LogP contribution is -2.62. The number of fused-ring (bicyclic) bond motifs is 1. The third-order valence-electron chi connectivity index (χ3n) is 11.0. The van der Waals surface area contributed by atoms with Gasteiger partial charge in [-0.15, -0.1) is 0 Å². The number of carbonyl (C=O) groups excluding carboxylic acids is 3. The topological polar surface area (TPSA) is 127 Å². The summed E-state index contributed by atoms with van der Waals surface area (Å²) in [6.07, 6.45) is 16.7.